The molecule has 4 aromatic rings. The van der Waals surface area contributed by atoms with Gasteiger partial charge in [-0.25, -0.2) is 9.67 Å². The molecule has 0 radical (unpaired) electrons. The van der Waals surface area contributed by atoms with Crippen molar-refractivity contribution in [2.45, 2.75) is 13.2 Å². The predicted octanol–water partition coefficient (Wildman–Crippen LogP) is 4.85. The Labute approximate surface area is 174 Å². The van der Waals surface area contributed by atoms with Gasteiger partial charge in [-0.15, -0.1) is 11.7 Å². The highest BCUT2D eigenvalue weighted by atomic mass is 32.1. The van der Waals surface area contributed by atoms with Gasteiger partial charge in [0.05, 0.1) is 6.20 Å². The summed E-state index contributed by atoms with van der Waals surface area (Å²) in [4.78, 5) is 10.7. The Kier molecular flexibility index (Phi) is 5.58. The summed E-state index contributed by atoms with van der Waals surface area (Å²) in [5, 5.41) is 4.77. The predicted molar refractivity (Wildman–Crippen MR) is 117 cm³/mol. The van der Waals surface area contributed by atoms with Crippen LogP contribution in [0.5, 0.6) is 0 Å². The molecule has 0 N–H and O–H groups in total. The summed E-state index contributed by atoms with van der Waals surface area (Å²) in [6.45, 7) is 4.85. The highest BCUT2D eigenvalue weighted by Crippen LogP contribution is 2.26. The molecule has 0 unspecified atom stereocenters. The van der Waals surface area contributed by atoms with Crippen LogP contribution in [0.3, 0.4) is 0 Å². The van der Waals surface area contributed by atoms with Gasteiger partial charge in [0.1, 0.15) is 12.4 Å². The molecule has 2 aromatic carbocycles. The van der Waals surface area contributed by atoms with Gasteiger partial charge in [-0.3, -0.25) is 9.55 Å². The third-order valence-corrected chi connectivity index (χ3v) is 4.87. The van der Waals surface area contributed by atoms with Crippen LogP contribution in [0.2, 0.25) is 0 Å². The quantitative estimate of drug-likeness (QED) is 0.328. The SMILES string of the molecule is C=CCn1c(-c2cnccn2)nn(CN(c2ccccc2)c2ccccc2)c1=S. The van der Waals surface area contributed by atoms with Gasteiger partial charge < -0.3 is 4.90 Å². The third-order valence-electron chi connectivity index (χ3n) is 4.44. The number of allylic oxidation sites excluding steroid dienone is 1. The monoisotopic (exact) mass is 400 g/mol. The first-order valence-corrected chi connectivity index (χ1v) is 9.61. The van der Waals surface area contributed by atoms with Gasteiger partial charge >= 0.3 is 0 Å². The fourth-order valence-corrected chi connectivity index (χ4v) is 3.35. The maximum Gasteiger partial charge on any atom is 0.200 e. The minimum absolute atomic E-state index is 0.463. The normalized spacial score (nSPS) is 10.6. The molecule has 0 aliphatic carbocycles. The van der Waals surface area contributed by atoms with Gasteiger partial charge in [-0.2, -0.15) is 0 Å². The minimum atomic E-state index is 0.463. The van der Waals surface area contributed by atoms with Crippen LogP contribution < -0.4 is 4.90 Å². The van der Waals surface area contributed by atoms with Crippen LogP contribution in [0.1, 0.15) is 0 Å². The summed E-state index contributed by atoms with van der Waals surface area (Å²) >= 11 is 5.74. The first-order valence-electron chi connectivity index (χ1n) is 9.20. The zero-order valence-electron chi connectivity index (χ0n) is 15.8. The fraction of sp³-hybridized carbons (Fsp3) is 0.0909. The number of aromatic nitrogens is 5. The molecule has 6 nitrogen and oxygen atoms in total. The van der Waals surface area contributed by atoms with Crippen molar-refractivity contribution in [2.75, 3.05) is 4.90 Å². The second kappa shape index (κ2) is 8.62. The van der Waals surface area contributed by atoms with E-state index in [9.17, 15) is 0 Å². The van der Waals surface area contributed by atoms with Crippen LogP contribution in [-0.4, -0.2) is 24.3 Å². The lowest BCUT2D eigenvalue weighted by Crippen LogP contribution is -2.22. The molecule has 7 heteroatoms. The van der Waals surface area contributed by atoms with Crippen LogP contribution in [0.4, 0.5) is 11.4 Å². The van der Waals surface area contributed by atoms with Crippen LogP contribution in [-0.2, 0) is 13.2 Å². The number of benzene rings is 2. The van der Waals surface area contributed by atoms with Crippen molar-refractivity contribution in [1.82, 2.24) is 24.3 Å². The molecule has 0 amide bonds. The lowest BCUT2D eigenvalue weighted by atomic mass is 10.2. The molecule has 0 aliphatic rings. The molecule has 2 heterocycles. The summed E-state index contributed by atoms with van der Waals surface area (Å²) in [6, 6.07) is 20.4. The largest absolute Gasteiger partial charge is 0.321 e. The number of hydrogen-bond acceptors (Lipinski definition) is 5. The Morgan fingerprint density at radius 2 is 1.62 bits per heavy atom. The molecule has 29 heavy (non-hydrogen) atoms. The van der Waals surface area contributed by atoms with E-state index >= 15 is 0 Å². The Morgan fingerprint density at radius 3 is 2.17 bits per heavy atom. The van der Waals surface area contributed by atoms with Crippen molar-refractivity contribution in [2.24, 2.45) is 0 Å². The van der Waals surface area contributed by atoms with E-state index in [1.54, 1.807) is 24.7 Å². The van der Waals surface area contributed by atoms with Crippen molar-refractivity contribution in [1.29, 1.82) is 0 Å². The van der Waals surface area contributed by atoms with Crippen LogP contribution in [0.25, 0.3) is 11.5 Å². The van der Waals surface area contributed by atoms with E-state index in [-0.39, 0.29) is 0 Å². The van der Waals surface area contributed by atoms with Gasteiger partial charge in [0.2, 0.25) is 0 Å². The molecule has 0 fully saturated rings. The lowest BCUT2D eigenvalue weighted by Gasteiger charge is -2.24. The van der Waals surface area contributed by atoms with Crippen molar-refractivity contribution in [3.05, 3.63) is 96.7 Å². The third kappa shape index (κ3) is 4.00. The van der Waals surface area contributed by atoms with Crippen LogP contribution in [0, 0.1) is 4.77 Å². The van der Waals surface area contributed by atoms with E-state index < -0.39 is 0 Å². The average Bonchev–Trinajstić information content (AvgIpc) is 3.09. The highest BCUT2D eigenvalue weighted by molar-refractivity contribution is 7.71. The van der Waals surface area contributed by atoms with Crippen molar-refractivity contribution >= 4 is 23.6 Å². The topological polar surface area (TPSA) is 51.8 Å². The molecule has 144 valence electrons. The van der Waals surface area contributed by atoms with Gasteiger partial charge in [0, 0.05) is 30.3 Å². The molecular weight excluding hydrogens is 380 g/mol. The summed E-state index contributed by atoms with van der Waals surface area (Å²) in [7, 11) is 0. The van der Waals surface area contributed by atoms with Gasteiger partial charge in [-0.1, -0.05) is 42.5 Å². The Morgan fingerprint density at radius 1 is 0.966 bits per heavy atom. The van der Waals surface area contributed by atoms with Crippen molar-refractivity contribution in [3.63, 3.8) is 0 Å². The lowest BCUT2D eigenvalue weighted by molar-refractivity contribution is 0.606. The van der Waals surface area contributed by atoms with Gasteiger partial charge in [0.25, 0.3) is 0 Å². The van der Waals surface area contributed by atoms with Crippen LogP contribution in [0.15, 0.2) is 91.9 Å². The van der Waals surface area contributed by atoms with Crippen molar-refractivity contribution < 1.29 is 0 Å². The molecule has 0 atom stereocenters. The van der Waals surface area contributed by atoms with Gasteiger partial charge in [0.15, 0.2) is 10.6 Å². The van der Waals surface area contributed by atoms with Crippen LogP contribution >= 0.6 is 12.2 Å². The van der Waals surface area contributed by atoms with E-state index in [0.717, 1.165) is 11.4 Å². The van der Waals surface area contributed by atoms with Crippen molar-refractivity contribution in [3.8, 4) is 11.5 Å². The first-order chi connectivity index (χ1) is 14.3. The summed E-state index contributed by atoms with van der Waals surface area (Å²) < 4.78 is 4.33. The van der Waals surface area contributed by atoms with E-state index in [1.807, 2.05) is 45.6 Å². The molecule has 0 spiro atoms. The number of hydrogen-bond donors (Lipinski definition) is 0. The smallest absolute Gasteiger partial charge is 0.200 e. The number of nitrogens with zero attached hydrogens (tertiary/aromatic N) is 6. The molecule has 2 aromatic heterocycles. The zero-order chi connectivity index (χ0) is 20.1. The second-order valence-corrected chi connectivity index (χ2v) is 6.70. The molecule has 0 bridgehead atoms. The average molecular weight is 401 g/mol. The Hall–Kier alpha value is -3.58. The highest BCUT2D eigenvalue weighted by Gasteiger charge is 2.16. The van der Waals surface area contributed by atoms with E-state index in [1.165, 1.54) is 0 Å². The summed E-state index contributed by atoms with van der Waals surface area (Å²) in [5.41, 5.74) is 2.78. The molecular formula is C22H20N6S. The number of anilines is 2. The fourth-order valence-electron chi connectivity index (χ4n) is 3.09. The van der Waals surface area contributed by atoms with Gasteiger partial charge in [-0.05, 0) is 36.5 Å². The summed E-state index contributed by atoms with van der Waals surface area (Å²) in [6.07, 6.45) is 6.77. The Balaban J connectivity index is 1.79. The molecule has 4 rings (SSSR count). The zero-order valence-corrected chi connectivity index (χ0v) is 16.6. The maximum atomic E-state index is 5.74. The standard InChI is InChI=1S/C22H20N6S/c1-2-15-26-21(20-16-23-13-14-24-20)25-28(22(26)29)17-27(18-9-5-3-6-10-18)19-11-7-4-8-12-19/h2-14,16H,1,15,17H2. The molecule has 0 saturated carbocycles. The first kappa shape index (κ1) is 18.8. The summed E-state index contributed by atoms with van der Waals surface area (Å²) in [5.74, 6) is 0.670. The number of para-hydroxylation sites is 2. The van der Waals surface area contributed by atoms with E-state index in [2.05, 4.69) is 45.7 Å². The molecule has 0 aliphatic heterocycles. The minimum Gasteiger partial charge on any atom is -0.321 e. The van der Waals surface area contributed by atoms with E-state index in [4.69, 9.17) is 17.3 Å². The maximum absolute atomic E-state index is 5.74. The van der Waals surface area contributed by atoms with E-state index in [0.29, 0.717) is 29.5 Å². The Bertz CT molecular complexity index is 1100. The number of rotatable bonds is 7. The molecule has 0 saturated heterocycles. The second-order valence-electron chi connectivity index (χ2n) is 6.34.